The van der Waals surface area contributed by atoms with Crippen molar-refractivity contribution >= 4 is 45.2 Å². The van der Waals surface area contributed by atoms with Crippen LogP contribution in [0.25, 0.3) is 5.69 Å². The van der Waals surface area contributed by atoms with E-state index in [2.05, 4.69) is 41.4 Å². The molecule has 3 aromatic rings. The molecule has 0 radical (unpaired) electrons. The van der Waals surface area contributed by atoms with Gasteiger partial charge in [-0.1, -0.05) is 27.5 Å². The number of nitrogen functional groups attached to an aromatic ring is 1. The van der Waals surface area contributed by atoms with Crippen molar-refractivity contribution in [2.24, 2.45) is 0 Å². The molecule has 10 heteroatoms. The summed E-state index contributed by atoms with van der Waals surface area (Å²) in [5, 5.41) is 13.0. The standard InChI is InChI=1S/C11H7BrClN7S/c12-6-1-3-7(4-2-6)20-11(17-18-19-20)21-9-5-8(13)15-10(14)16-9/h1-5H,(H2,14,15,16). The van der Waals surface area contributed by atoms with Crippen LogP contribution in [0.15, 0.2) is 45.0 Å². The quantitative estimate of drug-likeness (QED) is 0.693. The third-order valence-corrected chi connectivity index (χ3v) is 3.97. The van der Waals surface area contributed by atoms with Crippen molar-refractivity contribution in [1.29, 1.82) is 0 Å². The molecule has 0 bridgehead atoms. The first-order chi connectivity index (χ1) is 10.1. The molecule has 0 saturated heterocycles. The van der Waals surface area contributed by atoms with Gasteiger partial charge >= 0.3 is 0 Å². The fourth-order valence-electron chi connectivity index (χ4n) is 1.55. The number of benzene rings is 1. The zero-order valence-electron chi connectivity index (χ0n) is 10.3. The van der Waals surface area contributed by atoms with E-state index in [1.54, 1.807) is 10.7 Å². The summed E-state index contributed by atoms with van der Waals surface area (Å²) in [6.45, 7) is 0. The fourth-order valence-corrected chi connectivity index (χ4v) is 2.87. The van der Waals surface area contributed by atoms with Crippen LogP contribution in [-0.2, 0) is 0 Å². The van der Waals surface area contributed by atoms with E-state index in [-0.39, 0.29) is 11.1 Å². The molecular formula is C11H7BrClN7S. The van der Waals surface area contributed by atoms with E-state index in [0.29, 0.717) is 10.2 Å². The van der Waals surface area contributed by atoms with Crippen molar-refractivity contribution < 1.29 is 0 Å². The molecule has 1 aromatic carbocycles. The molecule has 0 fully saturated rings. The van der Waals surface area contributed by atoms with Crippen LogP contribution in [0.3, 0.4) is 0 Å². The Labute approximate surface area is 137 Å². The van der Waals surface area contributed by atoms with Gasteiger partial charge in [0.1, 0.15) is 10.2 Å². The fraction of sp³-hybridized carbons (Fsp3) is 0. The highest BCUT2D eigenvalue weighted by molar-refractivity contribution is 9.10. The van der Waals surface area contributed by atoms with Gasteiger partial charge in [-0.25, -0.2) is 9.97 Å². The van der Waals surface area contributed by atoms with Gasteiger partial charge in [-0.15, -0.1) is 5.10 Å². The summed E-state index contributed by atoms with van der Waals surface area (Å²) in [6, 6.07) is 9.21. The van der Waals surface area contributed by atoms with Crippen LogP contribution in [-0.4, -0.2) is 30.2 Å². The van der Waals surface area contributed by atoms with Gasteiger partial charge < -0.3 is 5.73 Å². The van der Waals surface area contributed by atoms with Crippen molar-refractivity contribution in [2.75, 3.05) is 5.73 Å². The largest absolute Gasteiger partial charge is 0.368 e. The van der Waals surface area contributed by atoms with E-state index in [9.17, 15) is 0 Å². The molecule has 0 atom stereocenters. The molecule has 2 N–H and O–H groups in total. The molecule has 0 aliphatic carbocycles. The van der Waals surface area contributed by atoms with Crippen molar-refractivity contribution in [1.82, 2.24) is 30.2 Å². The van der Waals surface area contributed by atoms with E-state index in [1.165, 1.54) is 11.8 Å². The Bertz CT molecular complexity index is 756. The third-order valence-electron chi connectivity index (χ3n) is 2.40. The molecule has 0 unspecified atom stereocenters. The number of anilines is 1. The van der Waals surface area contributed by atoms with Crippen LogP contribution in [0.1, 0.15) is 0 Å². The van der Waals surface area contributed by atoms with Gasteiger partial charge in [0.2, 0.25) is 11.1 Å². The predicted molar refractivity (Wildman–Crippen MR) is 82.4 cm³/mol. The summed E-state index contributed by atoms with van der Waals surface area (Å²) in [7, 11) is 0. The van der Waals surface area contributed by atoms with Gasteiger partial charge in [0.25, 0.3) is 0 Å². The Balaban J connectivity index is 1.94. The van der Waals surface area contributed by atoms with E-state index in [4.69, 9.17) is 17.3 Å². The average molecular weight is 385 g/mol. The molecule has 2 heterocycles. The number of hydrogen-bond donors (Lipinski definition) is 1. The minimum Gasteiger partial charge on any atom is -0.368 e. The molecular weight excluding hydrogens is 378 g/mol. The topological polar surface area (TPSA) is 95.4 Å². The average Bonchev–Trinajstić information content (AvgIpc) is 2.86. The zero-order chi connectivity index (χ0) is 14.8. The van der Waals surface area contributed by atoms with E-state index in [0.717, 1.165) is 10.2 Å². The number of nitrogens with two attached hydrogens (primary N) is 1. The maximum atomic E-state index is 5.86. The van der Waals surface area contributed by atoms with Gasteiger partial charge in [0, 0.05) is 10.5 Å². The van der Waals surface area contributed by atoms with Gasteiger partial charge in [-0.3, -0.25) is 0 Å². The van der Waals surface area contributed by atoms with Gasteiger partial charge in [0.15, 0.2) is 0 Å². The van der Waals surface area contributed by atoms with Gasteiger partial charge in [-0.05, 0) is 46.5 Å². The lowest BCUT2D eigenvalue weighted by Crippen LogP contribution is -2.00. The van der Waals surface area contributed by atoms with Crippen LogP contribution in [0.2, 0.25) is 5.15 Å². The first kappa shape index (κ1) is 14.2. The first-order valence-corrected chi connectivity index (χ1v) is 7.63. The third kappa shape index (κ3) is 3.31. The lowest BCUT2D eigenvalue weighted by Gasteiger charge is -2.04. The smallest absolute Gasteiger partial charge is 0.222 e. The van der Waals surface area contributed by atoms with E-state index in [1.807, 2.05) is 24.3 Å². The Morgan fingerprint density at radius 2 is 1.95 bits per heavy atom. The van der Waals surface area contributed by atoms with Crippen molar-refractivity contribution in [2.45, 2.75) is 10.2 Å². The SMILES string of the molecule is Nc1nc(Cl)cc(Sc2nnnn2-c2ccc(Br)cc2)n1. The summed E-state index contributed by atoms with van der Waals surface area (Å²) in [6.07, 6.45) is 0. The maximum Gasteiger partial charge on any atom is 0.222 e. The number of halogens is 2. The van der Waals surface area contributed by atoms with Gasteiger partial charge in [-0.2, -0.15) is 4.68 Å². The van der Waals surface area contributed by atoms with Crippen LogP contribution in [0.4, 0.5) is 5.95 Å². The summed E-state index contributed by atoms with van der Waals surface area (Å²) >= 11 is 10.5. The number of hydrogen-bond acceptors (Lipinski definition) is 7. The van der Waals surface area contributed by atoms with Crippen LogP contribution >= 0.6 is 39.3 Å². The van der Waals surface area contributed by atoms with Crippen molar-refractivity contribution in [3.63, 3.8) is 0 Å². The van der Waals surface area contributed by atoms with Crippen molar-refractivity contribution in [3.8, 4) is 5.69 Å². The highest BCUT2D eigenvalue weighted by Gasteiger charge is 2.12. The van der Waals surface area contributed by atoms with Gasteiger partial charge in [0.05, 0.1) is 5.69 Å². The molecule has 0 aliphatic rings. The zero-order valence-corrected chi connectivity index (χ0v) is 13.5. The molecule has 0 spiro atoms. The number of nitrogens with zero attached hydrogens (tertiary/aromatic N) is 6. The Morgan fingerprint density at radius 3 is 2.67 bits per heavy atom. The van der Waals surface area contributed by atoms with Crippen LogP contribution in [0, 0.1) is 0 Å². The van der Waals surface area contributed by atoms with Crippen LogP contribution < -0.4 is 5.73 Å². The minimum atomic E-state index is 0.104. The highest BCUT2D eigenvalue weighted by atomic mass is 79.9. The maximum absolute atomic E-state index is 5.86. The second-order valence-corrected chi connectivity index (χ2v) is 6.13. The molecule has 3 rings (SSSR count). The summed E-state index contributed by atoms with van der Waals surface area (Å²) in [4.78, 5) is 7.90. The number of tetrazole rings is 1. The molecule has 0 aliphatic heterocycles. The van der Waals surface area contributed by atoms with Crippen molar-refractivity contribution in [3.05, 3.63) is 40.0 Å². The second kappa shape index (κ2) is 5.96. The Kier molecular flexibility index (Phi) is 4.04. The Hall–Kier alpha value is -1.71. The normalized spacial score (nSPS) is 10.8. The monoisotopic (exact) mass is 383 g/mol. The molecule has 21 heavy (non-hydrogen) atoms. The predicted octanol–water partition coefficient (Wildman–Crippen LogP) is 2.60. The Morgan fingerprint density at radius 1 is 1.19 bits per heavy atom. The minimum absolute atomic E-state index is 0.104. The summed E-state index contributed by atoms with van der Waals surface area (Å²) in [5.41, 5.74) is 6.40. The molecule has 2 aromatic heterocycles. The summed E-state index contributed by atoms with van der Waals surface area (Å²) < 4.78 is 2.58. The highest BCUT2D eigenvalue weighted by Crippen LogP contribution is 2.27. The number of rotatable bonds is 3. The second-order valence-electron chi connectivity index (χ2n) is 3.84. The first-order valence-electron chi connectivity index (χ1n) is 5.64. The molecule has 0 amide bonds. The summed E-state index contributed by atoms with van der Waals surface area (Å²) in [5.74, 6) is 0.104. The molecule has 106 valence electrons. The lowest BCUT2D eigenvalue weighted by atomic mass is 10.3. The lowest BCUT2D eigenvalue weighted by molar-refractivity contribution is 0.755. The molecule has 0 saturated carbocycles. The number of aromatic nitrogens is 6. The van der Waals surface area contributed by atoms with E-state index >= 15 is 0 Å². The van der Waals surface area contributed by atoms with Crippen LogP contribution in [0.5, 0.6) is 0 Å². The molecule has 7 nitrogen and oxygen atoms in total. The van der Waals surface area contributed by atoms with E-state index < -0.39 is 0 Å².